The molecule has 2 aromatic heterocycles. The first-order chi connectivity index (χ1) is 11.7. The molecule has 0 spiro atoms. The first-order valence-electron chi connectivity index (χ1n) is 7.41. The van der Waals surface area contributed by atoms with Crippen molar-refractivity contribution in [2.24, 2.45) is 0 Å². The number of rotatable bonds is 6. The molecule has 3 aromatic rings. The second-order valence-electron chi connectivity index (χ2n) is 4.98. The molecule has 0 aliphatic heterocycles. The van der Waals surface area contributed by atoms with Gasteiger partial charge in [-0.3, -0.25) is 4.98 Å². The van der Waals surface area contributed by atoms with Crippen molar-refractivity contribution < 1.29 is 5.11 Å². The third kappa shape index (κ3) is 4.27. The molecule has 6 nitrogen and oxygen atoms in total. The van der Waals surface area contributed by atoms with Gasteiger partial charge in [0.05, 0.1) is 12.3 Å². The number of anilines is 3. The van der Waals surface area contributed by atoms with Gasteiger partial charge in [-0.2, -0.15) is 4.98 Å². The van der Waals surface area contributed by atoms with Crippen LogP contribution in [0.15, 0.2) is 59.3 Å². The van der Waals surface area contributed by atoms with Crippen LogP contribution in [-0.4, -0.2) is 33.2 Å². The Labute approximate surface area is 148 Å². The summed E-state index contributed by atoms with van der Waals surface area (Å²) < 4.78 is 0.981. The SMILES string of the molecule is OCCNc1nc(Nc2cccc(Br)c2)cc(-c2ccncc2)n1. The summed E-state index contributed by atoms with van der Waals surface area (Å²) in [5.74, 6) is 1.12. The lowest BCUT2D eigenvalue weighted by Gasteiger charge is -2.11. The summed E-state index contributed by atoms with van der Waals surface area (Å²) in [6, 6.07) is 13.5. The van der Waals surface area contributed by atoms with Crippen molar-refractivity contribution in [3.05, 3.63) is 59.3 Å². The Bertz CT molecular complexity index is 813. The van der Waals surface area contributed by atoms with Crippen LogP contribution in [0.1, 0.15) is 0 Å². The van der Waals surface area contributed by atoms with E-state index in [-0.39, 0.29) is 6.61 Å². The molecule has 0 saturated carbocycles. The number of aliphatic hydroxyl groups is 1. The molecule has 0 aliphatic carbocycles. The minimum atomic E-state index is 0.0111. The number of benzene rings is 1. The molecule has 0 aliphatic rings. The molecule has 0 bridgehead atoms. The fourth-order valence-electron chi connectivity index (χ4n) is 2.14. The van der Waals surface area contributed by atoms with Crippen molar-refractivity contribution >= 4 is 33.4 Å². The van der Waals surface area contributed by atoms with Gasteiger partial charge < -0.3 is 15.7 Å². The third-order valence-electron chi connectivity index (χ3n) is 3.19. The Kier molecular flexibility index (Phi) is 5.35. The highest BCUT2D eigenvalue weighted by Crippen LogP contribution is 2.24. The standard InChI is InChI=1S/C17H16BrN5O/c18-13-2-1-3-14(10-13)21-16-11-15(12-4-6-19-7-5-12)22-17(23-16)20-8-9-24/h1-7,10-11,24H,8-9H2,(H2,20,21,22,23). The minimum absolute atomic E-state index is 0.0111. The highest BCUT2D eigenvalue weighted by Gasteiger charge is 2.07. The van der Waals surface area contributed by atoms with E-state index in [1.807, 2.05) is 42.5 Å². The number of nitrogens with one attached hydrogen (secondary N) is 2. The molecular formula is C17H16BrN5O. The number of pyridine rings is 1. The Balaban J connectivity index is 1.95. The van der Waals surface area contributed by atoms with Crippen LogP contribution in [0.4, 0.5) is 17.5 Å². The van der Waals surface area contributed by atoms with Gasteiger partial charge >= 0.3 is 0 Å². The van der Waals surface area contributed by atoms with Crippen LogP contribution in [0.3, 0.4) is 0 Å². The molecule has 1 aromatic carbocycles. The normalized spacial score (nSPS) is 10.4. The van der Waals surface area contributed by atoms with E-state index < -0.39 is 0 Å². The Morgan fingerprint density at radius 1 is 1.04 bits per heavy atom. The van der Waals surface area contributed by atoms with Gasteiger partial charge in [0.15, 0.2) is 0 Å². The van der Waals surface area contributed by atoms with Gasteiger partial charge in [0.2, 0.25) is 5.95 Å². The molecule has 24 heavy (non-hydrogen) atoms. The Morgan fingerprint density at radius 2 is 1.88 bits per heavy atom. The van der Waals surface area contributed by atoms with Crippen molar-refractivity contribution in [3.63, 3.8) is 0 Å². The van der Waals surface area contributed by atoms with Crippen molar-refractivity contribution in [1.29, 1.82) is 0 Å². The van der Waals surface area contributed by atoms with Gasteiger partial charge in [0.25, 0.3) is 0 Å². The lowest BCUT2D eigenvalue weighted by Crippen LogP contribution is -2.10. The summed E-state index contributed by atoms with van der Waals surface area (Å²) in [6.07, 6.45) is 3.44. The zero-order valence-corrected chi connectivity index (χ0v) is 14.4. The van der Waals surface area contributed by atoms with Crippen LogP contribution in [0.5, 0.6) is 0 Å². The molecule has 0 radical (unpaired) electrons. The largest absolute Gasteiger partial charge is 0.395 e. The monoisotopic (exact) mass is 385 g/mol. The van der Waals surface area contributed by atoms with E-state index in [1.54, 1.807) is 12.4 Å². The van der Waals surface area contributed by atoms with Gasteiger partial charge in [0.1, 0.15) is 5.82 Å². The smallest absolute Gasteiger partial charge is 0.225 e. The van der Waals surface area contributed by atoms with Crippen LogP contribution >= 0.6 is 15.9 Å². The van der Waals surface area contributed by atoms with Gasteiger partial charge in [-0.15, -0.1) is 0 Å². The molecule has 0 atom stereocenters. The Hall–Kier alpha value is -2.51. The topological polar surface area (TPSA) is 83.0 Å². The highest BCUT2D eigenvalue weighted by molar-refractivity contribution is 9.10. The van der Waals surface area contributed by atoms with Gasteiger partial charge in [0, 0.05) is 40.7 Å². The quantitative estimate of drug-likeness (QED) is 0.602. The van der Waals surface area contributed by atoms with E-state index in [2.05, 4.69) is 41.5 Å². The molecule has 0 unspecified atom stereocenters. The minimum Gasteiger partial charge on any atom is -0.395 e. The number of aromatic nitrogens is 3. The summed E-state index contributed by atoms with van der Waals surface area (Å²) in [6.45, 7) is 0.396. The van der Waals surface area contributed by atoms with E-state index in [0.29, 0.717) is 18.3 Å². The first-order valence-corrected chi connectivity index (χ1v) is 8.21. The third-order valence-corrected chi connectivity index (χ3v) is 3.69. The van der Waals surface area contributed by atoms with Gasteiger partial charge in [-0.05, 0) is 30.3 Å². The highest BCUT2D eigenvalue weighted by atomic mass is 79.9. The second-order valence-corrected chi connectivity index (χ2v) is 5.90. The van der Waals surface area contributed by atoms with Crippen LogP contribution in [0, 0.1) is 0 Å². The molecule has 0 saturated heterocycles. The van der Waals surface area contributed by atoms with Gasteiger partial charge in [-0.25, -0.2) is 4.98 Å². The predicted molar refractivity (Wildman–Crippen MR) is 98.3 cm³/mol. The summed E-state index contributed by atoms with van der Waals surface area (Å²) in [5, 5.41) is 15.3. The fourth-order valence-corrected chi connectivity index (χ4v) is 2.54. The van der Waals surface area contributed by atoms with E-state index in [1.165, 1.54) is 0 Å². The lowest BCUT2D eigenvalue weighted by atomic mass is 10.2. The molecule has 2 heterocycles. The average Bonchev–Trinajstić information content (AvgIpc) is 2.60. The maximum atomic E-state index is 9.00. The number of halogens is 1. The predicted octanol–water partition coefficient (Wildman–Crippen LogP) is 3.45. The summed E-state index contributed by atoms with van der Waals surface area (Å²) in [7, 11) is 0. The summed E-state index contributed by atoms with van der Waals surface area (Å²) in [5.41, 5.74) is 2.62. The fraction of sp³-hybridized carbons (Fsp3) is 0.118. The number of nitrogens with zero attached hydrogens (tertiary/aromatic N) is 3. The maximum absolute atomic E-state index is 9.00. The van der Waals surface area contributed by atoms with Crippen molar-refractivity contribution in [2.45, 2.75) is 0 Å². The Morgan fingerprint density at radius 3 is 2.62 bits per heavy atom. The van der Waals surface area contributed by atoms with Crippen LogP contribution in [-0.2, 0) is 0 Å². The lowest BCUT2D eigenvalue weighted by molar-refractivity contribution is 0.311. The number of aliphatic hydroxyl groups excluding tert-OH is 1. The van der Waals surface area contributed by atoms with Crippen molar-refractivity contribution in [2.75, 3.05) is 23.8 Å². The second kappa shape index (κ2) is 7.85. The van der Waals surface area contributed by atoms with E-state index in [9.17, 15) is 0 Å². The maximum Gasteiger partial charge on any atom is 0.225 e. The number of hydrogen-bond acceptors (Lipinski definition) is 6. The van der Waals surface area contributed by atoms with Crippen molar-refractivity contribution in [1.82, 2.24) is 15.0 Å². The van der Waals surface area contributed by atoms with E-state index in [4.69, 9.17) is 5.11 Å². The summed E-state index contributed by atoms with van der Waals surface area (Å²) >= 11 is 3.46. The zero-order chi connectivity index (χ0) is 16.8. The van der Waals surface area contributed by atoms with Crippen LogP contribution < -0.4 is 10.6 Å². The molecule has 0 amide bonds. The average molecular weight is 386 g/mol. The molecule has 3 N–H and O–H groups in total. The van der Waals surface area contributed by atoms with E-state index in [0.717, 1.165) is 21.4 Å². The summed E-state index contributed by atoms with van der Waals surface area (Å²) in [4.78, 5) is 13.0. The van der Waals surface area contributed by atoms with E-state index >= 15 is 0 Å². The molecule has 7 heteroatoms. The zero-order valence-electron chi connectivity index (χ0n) is 12.8. The van der Waals surface area contributed by atoms with Crippen molar-refractivity contribution in [3.8, 4) is 11.3 Å². The van der Waals surface area contributed by atoms with Gasteiger partial charge in [-0.1, -0.05) is 22.0 Å². The molecular weight excluding hydrogens is 370 g/mol. The molecule has 122 valence electrons. The van der Waals surface area contributed by atoms with Crippen LogP contribution in [0.25, 0.3) is 11.3 Å². The molecule has 0 fully saturated rings. The molecule has 3 rings (SSSR count). The van der Waals surface area contributed by atoms with Crippen LogP contribution in [0.2, 0.25) is 0 Å². The first kappa shape index (κ1) is 16.4. The number of hydrogen-bond donors (Lipinski definition) is 3.